The average Bonchev–Trinajstić information content (AvgIpc) is 2.31. The van der Waals surface area contributed by atoms with Crippen LogP contribution in [0, 0.1) is 0 Å². The molecule has 4 nitrogen and oxygen atoms in total. The Labute approximate surface area is 112 Å². The summed E-state index contributed by atoms with van der Waals surface area (Å²) in [6.45, 7) is 12.2. The Morgan fingerprint density at radius 2 is 1.61 bits per heavy atom. The normalized spacial score (nSPS) is 12.6. The van der Waals surface area contributed by atoms with Gasteiger partial charge in [-0.15, -0.1) is 0 Å². The highest BCUT2D eigenvalue weighted by molar-refractivity contribution is 6.73. The lowest BCUT2D eigenvalue weighted by molar-refractivity contribution is -0.295. The molecule has 108 valence electrons. The molecule has 0 N–H and O–H groups in total. The monoisotopic (exact) mass is 276 g/mol. The van der Waals surface area contributed by atoms with Crippen molar-refractivity contribution in [2.75, 3.05) is 6.61 Å². The van der Waals surface area contributed by atoms with E-state index in [-0.39, 0.29) is 5.97 Å². The third kappa shape index (κ3) is 6.52. The van der Waals surface area contributed by atoms with Crippen molar-refractivity contribution in [3.05, 3.63) is 0 Å². The van der Waals surface area contributed by atoms with Crippen LogP contribution in [0.1, 0.15) is 48.0 Å². The molecular weight excluding hydrogens is 248 g/mol. The smallest absolute Gasteiger partial charge is 0.302 e. The molecule has 5 heteroatoms. The van der Waals surface area contributed by atoms with Gasteiger partial charge in [0.15, 0.2) is 0 Å². The van der Waals surface area contributed by atoms with Gasteiger partial charge in [0.1, 0.15) is 0 Å². The molecule has 0 aromatic rings. The minimum absolute atomic E-state index is 0.258. The molecule has 0 bridgehead atoms. The van der Waals surface area contributed by atoms with Crippen LogP contribution in [-0.4, -0.2) is 26.5 Å². The van der Waals surface area contributed by atoms with E-state index in [1.165, 1.54) is 6.92 Å². The highest BCUT2D eigenvalue weighted by Crippen LogP contribution is 2.25. The third-order valence-corrected chi connectivity index (χ3v) is 7.69. The largest absolute Gasteiger partial charge is 0.466 e. The van der Waals surface area contributed by atoms with Crippen molar-refractivity contribution >= 4 is 14.3 Å². The number of ether oxygens (including phenoxy) is 1. The Hall–Kier alpha value is -0.393. The molecule has 0 aromatic carbocycles. The molecule has 0 aliphatic carbocycles. The van der Waals surface area contributed by atoms with E-state index in [2.05, 4.69) is 20.8 Å². The lowest BCUT2D eigenvalue weighted by atomic mass is 10.1. The Morgan fingerprint density at radius 1 is 1.11 bits per heavy atom. The van der Waals surface area contributed by atoms with Gasteiger partial charge in [0.05, 0.1) is 12.2 Å². The van der Waals surface area contributed by atoms with E-state index in [1.54, 1.807) is 0 Å². The van der Waals surface area contributed by atoms with Crippen LogP contribution >= 0.6 is 0 Å². The van der Waals surface area contributed by atoms with Crippen LogP contribution in [-0.2, 0) is 19.0 Å². The van der Waals surface area contributed by atoms with E-state index >= 15 is 0 Å². The molecule has 0 radical (unpaired) electrons. The first-order chi connectivity index (χ1) is 8.31. The van der Waals surface area contributed by atoms with E-state index in [1.807, 2.05) is 13.8 Å². The van der Waals surface area contributed by atoms with Gasteiger partial charge in [-0.1, -0.05) is 20.8 Å². The lowest BCUT2D eigenvalue weighted by Crippen LogP contribution is -2.40. The lowest BCUT2D eigenvalue weighted by Gasteiger charge is -2.32. The van der Waals surface area contributed by atoms with Crippen LogP contribution in [0.25, 0.3) is 0 Å². The molecule has 0 aliphatic rings. The fourth-order valence-electron chi connectivity index (χ4n) is 1.61. The highest BCUT2D eigenvalue weighted by atomic mass is 28.4. The predicted molar refractivity (Wildman–Crippen MR) is 74.7 cm³/mol. The summed E-state index contributed by atoms with van der Waals surface area (Å²) >= 11 is 0. The van der Waals surface area contributed by atoms with Gasteiger partial charge in [-0.05, 0) is 32.0 Å². The molecule has 0 spiro atoms. The van der Waals surface area contributed by atoms with Crippen LogP contribution in [0.3, 0.4) is 0 Å². The van der Waals surface area contributed by atoms with E-state index in [9.17, 15) is 4.79 Å². The number of hydrogen-bond acceptors (Lipinski definition) is 4. The zero-order valence-electron chi connectivity index (χ0n) is 12.7. The minimum Gasteiger partial charge on any atom is -0.466 e. The van der Waals surface area contributed by atoms with Crippen molar-refractivity contribution in [1.29, 1.82) is 0 Å². The zero-order chi connectivity index (χ0) is 14.2. The second-order valence-electron chi connectivity index (χ2n) is 5.26. The summed E-state index contributed by atoms with van der Waals surface area (Å²) in [5.74, 6) is -0.258. The number of hydrogen-bond donors (Lipinski definition) is 0. The van der Waals surface area contributed by atoms with E-state index < -0.39 is 13.9 Å². The molecule has 0 saturated carbocycles. The summed E-state index contributed by atoms with van der Waals surface area (Å²) in [4.78, 5) is 16.3. The molecule has 0 saturated heterocycles. The number of rotatable bonds is 9. The Bertz CT molecular complexity index is 241. The van der Waals surface area contributed by atoms with Gasteiger partial charge in [0, 0.05) is 13.3 Å². The topological polar surface area (TPSA) is 44.8 Å². The maximum absolute atomic E-state index is 10.7. The van der Waals surface area contributed by atoms with Gasteiger partial charge in [0.25, 0.3) is 0 Å². The molecule has 0 atom stereocenters. The molecule has 0 unspecified atom stereocenters. The van der Waals surface area contributed by atoms with Crippen molar-refractivity contribution in [1.82, 2.24) is 0 Å². The van der Waals surface area contributed by atoms with E-state index in [4.69, 9.17) is 14.2 Å². The van der Waals surface area contributed by atoms with Gasteiger partial charge in [-0.25, -0.2) is 4.89 Å². The molecule has 0 fully saturated rings. The fourth-order valence-corrected chi connectivity index (χ4v) is 3.87. The second kappa shape index (κ2) is 7.91. The maximum Gasteiger partial charge on any atom is 0.302 e. The number of carbonyl (C=O) groups is 1. The van der Waals surface area contributed by atoms with Gasteiger partial charge >= 0.3 is 5.97 Å². The predicted octanol–water partition coefficient (Wildman–Crippen LogP) is 3.67. The van der Waals surface area contributed by atoms with Gasteiger partial charge in [-0.2, -0.15) is 0 Å². The molecule has 0 rings (SSSR count). The van der Waals surface area contributed by atoms with Crippen LogP contribution in [0.2, 0.25) is 18.1 Å². The number of esters is 1. The van der Waals surface area contributed by atoms with Gasteiger partial charge in [0.2, 0.25) is 8.32 Å². The Balaban J connectivity index is 4.19. The summed E-state index contributed by atoms with van der Waals surface area (Å²) in [5.41, 5.74) is -0.423. The summed E-state index contributed by atoms with van der Waals surface area (Å²) < 4.78 is 10.7. The van der Waals surface area contributed by atoms with Crippen LogP contribution < -0.4 is 0 Å². The molecule has 0 aliphatic heterocycles. The van der Waals surface area contributed by atoms with Gasteiger partial charge in [-0.3, -0.25) is 9.37 Å². The quantitative estimate of drug-likeness (QED) is 0.279. The molecule has 0 aromatic heterocycles. The first-order valence-electron chi connectivity index (χ1n) is 6.81. The fraction of sp³-hybridized carbons (Fsp3) is 0.923. The van der Waals surface area contributed by atoms with Crippen molar-refractivity contribution in [3.8, 4) is 0 Å². The molecule has 0 heterocycles. The maximum atomic E-state index is 10.7. The zero-order valence-corrected chi connectivity index (χ0v) is 13.7. The average molecular weight is 276 g/mol. The second-order valence-corrected chi connectivity index (χ2v) is 9.91. The minimum atomic E-state index is -1.72. The summed E-state index contributed by atoms with van der Waals surface area (Å²) in [6, 6.07) is 3.17. The highest BCUT2D eigenvalue weighted by Gasteiger charge is 2.33. The SMILES string of the molecule is CC[Si](CC)(CC)OOC(C)(C)CCOC(C)=O. The Morgan fingerprint density at radius 3 is 2.00 bits per heavy atom. The van der Waals surface area contributed by atoms with Crippen molar-refractivity contribution < 1.29 is 19.0 Å². The van der Waals surface area contributed by atoms with Crippen molar-refractivity contribution in [3.63, 3.8) is 0 Å². The first-order valence-corrected chi connectivity index (χ1v) is 9.34. The molecular formula is C13H28O4Si. The van der Waals surface area contributed by atoms with Crippen LogP contribution in [0.5, 0.6) is 0 Å². The van der Waals surface area contributed by atoms with E-state index in [0.29, 0.717) is 13.0 Å². The number of carbonyl (C=O) groups excluding carboxylic acids is 1. The Kier molecular flexibility index (Phi) is 7.74. The summed E-state index contributed by atoms with van der Waals surface area (Å²) in [5, 5.41) is 0. The van der Waals surface area contributed by atoms with Crippen molar-refractivity contribution in [2.24, 2.45) is 0 Å². The molecule has 0 amide bonds. The molecule has 18 heavy (non-hydrogen) atoms. The summed E-state index contributed by atoms with van der Waals surface area (Å²) in [6.07, 6.45) is 0.633. The van der Waals surface area contributed by atoms with Crippen LogP contribution in [0.15, 0.2) is 0 Å². The third-order valence-electron chi connectivity index (χ3n) is 3.39. The standard InChI is InChI=1S/C13H28O4Si/c1-7-18(8-2,9-3)17-16-13(5,6)10-11-15-12(4)14/h7-11H2,1-6H3. The first kappa shape index (κ1) is 17.6. The van der Waals surface area contributed by atoms with Crippen LogP contribution in [0.4, 0.5) is 0 Å². The van der Waals surface area contributed by atoms with E-state index in [0.717, 1.165) is 18.1 Å². The van der Waals surface area contributed by atoms with Crippen molar-refractivity contribution in [2.45, 2.75) is 71.7 Å². The van der Waals surface area contributed by atoms with Gasteiger partial charge < -0.3 is 4.74 Å². The summed E-state index contributed by atoms with van der Waals surface area (Å²) in [7, 11) is -1.72.